The van der Waals surface area contributed by atoms with Crippen molar-refractivity contribution in [1.82, 2.24) is 0 Å². The van der Waals surface area contributed by atoms with Crippen LogP contribution in [-0.4, -0.2) is 17.4 Å². The van der Waals surface area contributed by atoms with E-state index in [2.05, 4.69) is 5.32 Å². The van der Waals surface area contributed by atoms with Gasteiger partial charge >= 0.3 is 0 Å². The molecule has 0 radical (unpaired) electrons. The third-order valence-electron chi connectivity index (χ3n) is 3.09. The number of carbonyl (C=O) groups excluding carboxylic acids is 1. The fourth-order valence-electron chi connectivity index (χ4n) is 2.09. The largest absolute Gasteiger partial charge is 0.484 e. The second-order valence-electron chi connectivity index (χ2n) is 5.03. The molecule has 120 valence electrons. The van der Waals surface area contributed by atoms with E-state index in [4.69, 9.17) is 16.3 Å². The van der Waals surface area contributed by atoms with Crippen molar-refractivity contribution in [2.24, 2.45) is 0 Å². The topological polar surface area (TPSA) is 81.5 Å². The van der Waals surface area contributed by atoms with E-state index >= 15 is 0 Å². The molecule has 0 aliphatic carbocycles. The Kier molecular flexibility index (Phi) is 5.18. The smallest absolute Gasteiger partial charge is 0.273 e. The molecule has 0 fully saturated rings. The summed E-state index contributed by atoms with van der Waals surface area (Å²) in [4.78, 5) is 22.1. The number of benzene rings is 2. The van der Waals surface area contributed by atoms with Crippen molar-refractivity contribution in [1.29, 1.82) is 0 Å². The predicted octanol–water partition coefficient (Wildman–Crippen LogP) is 3.88. The van der Waals surface area contributed by atoms with E-state index in [0.29, 0.717) is 10.7 Å². The standard InChI is InChI=1S/C16H15ClN2O4/c1-10-6-11(2)16(14(17)7-10)18-15(20)9-23-13-5-3-4-12(8-13)19(21)22/h3-8H,9H2,1-2H3,(H,18,20). The molecular formula is C16H15ClN2O4. The number of hydrogen-bond acceptors (Lipinski definition) is 4. The summed E-state index contributed by atoms with van der Waals surface area (Å²) < 4.78 is 5.27. The van der Waals surface area contributed by atoms with Crippen molar-refractivity contribution in [3.8, 4) is 5.75 Å². The number of nitro groups is 1. The molecule has 0 bridgehead atoms. The Hall–Kier alpha value is -2.60. The average Bonchev–Trinajstić information content (AvgIpc) is 2.49. The molecule has 0 aliphatic rings. The molecule has 0 saturated heterocycles. The average molecular weight is 335 g/mol. The van der Waals surface area contributed by atoms with Gasteiger partial charge in [-0.2, -0.15) is 0 Å². The molecule has 7 heteroatoms. The number of nitrogens with zero attached hydrogens (tertiary/aromatic N) is 1. The minimum Gasteiger partial charge on any atom is -0.484 e. The molecule has 1 amide bonds. The van der Waals surface area contributed by atoms with E-state index in [-0.39, 0.29) is 18.0 Å². The Bertz CT molecular complexity index is 738. The summed E-state index contributed by atoms with van der Waals surface area (Å²) in [5.41, 5.74) is 2.28. The van der Waals surface area contributed by atoms with Crippen LogP contribution in [0.25, 0.3) is 0 Å². The number of halogens is 1. The second-order valence-corrected chi connectivity index (χ2v) is 5.44. The Morgan fingerprint density at radius 1 is 1.30 bits per heavy atom. The summed E-state index contributed by atoms with van der Waals surface area (Å²) in [7, 11) is 0. The van der Waals surface area contributed by atoms with Crippen LogP contribution in [-0.2, 0) is 4.79 Å². The number of rotatable bonds is 5. The SMILES string of the molecule is Cc1cc(C)c(NC(=O)COc2cccc([N+](=O)[O-])c2)c(Cl)c1. The first-order valence-corrected chi connectivity index (χ1v) is 7.18. The molecule has 0 unspecified atom stereocenters. The third kappa shape index (κ3) is 4.43. The van der Waals surface area contributed by atoms with Gasteiger partial charge in [0.05, 0.1) is 21.7 Å². The third-order valence-corrected chi connectivity index (χ3v) is 3.39. The van der Waals surface area contributed by atoms with Gasteiger partial charge in [0.15, 0.2) is 6.61 Å². The van der Waals surface area contributed by atoms with Crippen molar-refractivity contribution in [3.05, 3.63) is 62.7 Å². The molecular weight excluding hydrogens is 320 g/mol. The number of hydrogen-bond donors (Lipinski definition) is 1. The zero-order valence-corrected chi connectivity index (χ0v) is 13.4. The van der Waals surface area contributed by atoms with Crippen molar-refractivity contribution >= 4 is 28.9 Å². The first-order chi connectivity index (χ1) is 10.9. The van der Waals surface area contributed by atoms with Gasteiger partial charge in [-0.25, -0.2) is 0 Å². The summed E-state index contributed by atoms with van der Waals surface area (Å²) in [5, 5.41) is 13.8. The minimum atomic E-state index is -0.525. The van der Waals surface area contributed by atoms with Crippen LogP contribution in [0, 0.1) is 24.0 Å². The van der Waals surface area contributed by atoms with Crippen molar-refractivity contribution in [2.45, 2.75) is 13.8 Å². The van der Waals surface area contributed by atoms with Crippen LogP contribution in [0.1, 0.15) is 11.1 Å². The summed E-state index contributed by atoms with van der Waals surface area (Å²) in [5.74, 6) is -0.147. The van der Waals surface area contributed by atoms with Crippen LogP contribution in [0.15, 0.2) is 36.4 Å². The maximum atomic E-state index is 12.0. The zero-order chi connectivity index (χ0) is 17.0. The Morgan fingerprint density at radius 3 is 2.70 bits per heavy atom. The Labute approximate surface area is 138 Å². The van der Waals surface area contributed by atoms with Gasteiger partial charge in [-0.3, -0.25) is 14.9 Å². The van der Waals surface area contributed by atoms with Gasteiger partial charge in [0.2, 0.25) is 0 Å². The lowest BCUT2D eigenvalue weighted by Crippen LogP contribution is -2.21. The number of carbonyl (C=O) groups is 1. The second kappa shape index (κ2) is 7.11. The number of aryl methyl sites for hydroxylation is 2. The van der Waals surface area contributed by atoms with E-state index in [1.165, 1.54) is 18.2 Å². The van der Waals surface area contributed by atoms with E-state index in [0.717, 1.165) is 11.1 Å². The van der Waals surface area contributed by atoms with Crippen molar-refractivity contribution < 1.29 is 14.5 Å². The first kappa shape index (κ1) is 16.8. The Balaban J connectivity index is 2.01. The highest BCUT2D eigenvalue weighted by Crippen LogP contribution is 2.27. The molecule has 0 aliphatic heterocycles. The Morgan fingerprint density at radius 2 is 2.04 bits per heavy atom. The summed E-state index contributed by atoms with van der Waals surface area (Å²) in [6, 6.07) is 9.31. The summed E-state index contributed by atoms with van der Waals surface area (Å²) in [6.07, 6.45) is 0. The molecule has 0 spiro atoms. The molecule has 23 heavy (non-hydrogen) atoms. The van der Waals surface area contributed by atoms with Gasteiger partial charge < -0.3 is 10.1 Å². The van der Waals surface area contributed by atoms with Crippen LogP contribution >= 0.6 is 11.6 Å². The van der Waals surface area contributed by atoms with E-state index in [1.54, 1.807) is 12.1 Å². The van der Waals surface area contributed by atoms with E-state index in [1.807, 2.05) is 19.9 Å². The fourth-order valence-corrected chi connectivity index (χ4v) is 2.45. The van der Waals surface area contributed by atoms with Gasteiger partial charge in [0, 0.05) is 6.07 Å². The molecule has 0 atom stereocenters. The lowest BCUT2D eigenvalue weighted by Gasteiger charge is -2.12. The van der Waals surface area contributed by atoms with Crippen LogP contribution < -0.4 is 10.1 Å². The lowest BCUT2D eigenvalue weighted by atomic mass is 10.1. The van der Waals surface area contributed by atoms with Gasteiger partial charge in [0.1, 0.15) is 5.75 Å². The van der Waals surface area contributed by atoms with Crippen LogP contribution in [0.3, 0.4) is 0 Å². The number of non-ortho nitro benzene ring substituents is 1. The normalized spacial score (nSPS) is 10.2. The highest BCUT2D eigenvalue weighted by atomic mass is 35.5. The number of ether oxygens (including phenoxy) is 1. The van der Waals surface area contributed by atoms with Crippen molar-refractivity contribution in [3.63, 3.8) is 0 Å². The summed E-state index contributed by atoms with van der Waals surface area (Å²) in [6.45, 7) is 3.48. The molecule has 1 N–H and O–H groups in total. The first-order valence-electron chi connectivity index (χ1n) is 6.80. The monoisotopic (exact) mass is 334 g/mol. The van der Waals surface area contributed by atoms with Crippen LogP contribution in [0.2, 0.25) is 5.02 Å². The maximum Gasteiger partial charge on any atom is 0.273 e. The van der Waals surface area contributed by atoms with E-state index < -0.39 is 10.8 Å². The van der Waals surface area contributed by atoms with Crippen LogP contribution in [0.4, 0.5) is 11.4 Å². The number of amides is 1. The molecule has 2 aromatic rings. The molecule has 6 nitrogen and oxygen atoms in total. The quantitative estimate of drug-likeness (QED) is 0.664. The number of nitrogens with one attached hydrogen (secondary N) is 1. The number of nitro benzene ring substituents is 1. The highest BCUT2D eigenvalue weighted by molar-refractivity contribution is 6.34. The van der Waals surface area contributed by atoms with E-state index in [9.17, 15) is 14.9 Å². The van der Waals surface area contributed by atoms with Gasteiger partial charge in [-0.05, 0) is 37.1 Å². The highest BCUT2D eigenvalue weighted by Gasteiger charge is 2.11. The minimum absolute atomic E-state index is 0.0969. The van der Waals surface area contributed by atoms with Crippen molar-refractivity contribution in [2.75, 3.05) is 11.9 Å². The molecule has 2 rings (SSSR count). The van der Waals surface area contributed by atoms with Gasteiger partial charge in [-0.15, -0.1) is 0 Å². The predicted molar refractivity (Wildman–Crippen MR) is 88.1 cm³/mol. The lowest BCUT2D eigenvalue weighted by molar-refractivity contribution is -0.384. The molecule has 0 heterocycles. The van der Waals surface area contributed by atoms with Crippen LogP contribution in [0.5, 0.6) is 5.75 Å². The number of anilines is 1. The summed E-state index contributed by atoms with van der Waals surface area (Å²) >= 11 is 6.12. The molecule has 2 aromatic carbocycles. The zero-order valence-electron chi connectivity index (χ0n) is 12.6. The molecule has 0 aromatic heterocycles. The van der Waals surface area contributed by atoms with Gasteiger partial charge in [0.25, 0.3) is 11.6 Å². The fraction of sp³-hybridized carbons (Fsp3) is 0.188. The van der Waals surface area contributed by atoms with Gasteiger partial charge in [-0.1, -0.05) is 23.7 Å². The molecule has 0 saturated carbocycles. The maximum absolute atomic E-state index is 12.0.